The fourth-order valence-corrected chi connectivity index (χ4v) is 0.255. The van der Waals surface area contributed by atoms with E-state index >= 15 is 0 Å². The lowest BCUT2D eigenvalue weighted by atomic mass is 10.7. The van der Waals surface area contributed by atoms with E-state index in [-0.39, 0.29) is 12.6 Å². The molecule has 0 aliphatic rings. The maximum absolute atomic E-state index is 10.2. The van der Waals surface area contributed by atoms with Crippen LogP contribution in [-0.2, 0) is 4.79 Å². The summed E-state index contributed by atoms with van der Waals surface area (Å²) in [5.74, 6) is -0.175. The summed E-state index contributed by atoms with van der Waals surface area (Å²) in [7, 11) is 1.48. The van der Waals surface area contributed by atoms with E-state index < -0.39 is 0 Å². The van der Waals surface area contributed by atoms with Gasteiger partial charge in [-0.15, -0.1) is 4.91 Å². The van der Waals surface area contributed by atoms with E-state index in [0.29, 0.717) is 0 Å². The third kappa shape index (κ3) is 4.73. The molecule has 0 fully saturated rings. The van der Waals surface area contributed by atoms with E-state index in [0.717, 1.165) is 5.01 Å². The van der Waals surface area contributed by atoms with Gasteiger partial charge in [0.25, 0.3) is 0 Å². The topological polar surface area (TPSA) is 61.8 Å². The number of carbonyl (C=O) groups is 1. The Hall–Kier alpha value is -1.13. The summed E-state index contributed by atoms with van der Waals surface area (Å²) in [4.78, 5) is 19.8. The van der Waals surface area contributed by atoms with E-state index in [1.807, 2.05) is 0 Å². The highest BCUT2D eigenvalue weighted by Gasteiger charge is 1.92. The van der Waals surface area contributed by atoms with Crippen molar-refractivity contribution < 1.29 is 4.79 Å². The predicted octanol–water partition coefficient (Wildman–Crippen LogP) is -0.307. The molecule has 0 aromatic heterocycles. The molecular formula is C4H9N3O2. The molecule has 0 atom stereocenters. The summed E-state index contributed by atoms with van der Waals surface area (Å²) in [6.07, 6.45) is 0. The molecular weight excluding hydrogens is 122 g/mol. The van der Waals surface area contributed by atoms with Gasteiger partial charge in [-0.3, -0.25) is 4.79 Å². The van der Waals surface area contributed by atoms with Crippen LogP contribution < -0.4 is 5.32 Å². The van der Waals surface area contributed by atoms with Crippen LogP contribution >= 0.6 is 0 Å². The molecule has 0 aromatic rings. The highest BCUT2D eigenvalue weighted by atomic mass is 16.3. The number of hydrogen-bond donors (Lipinski definition) is 1. The van der Waals surface area contributed by atoms with Crippen molar-refractivity contribution >= 4 is 5.91 Å². The van der Waals surface area contributed by atoms with Gasteiger partial charge in [-0.2, -0.15) is 0 Å². The first-order chi connectivity index (χ1) is 4.16. The van der Waals surface area contributed by atoms with E-state index in [9.17, 15) is 9.70 Å². The normalized spacial score (nSPS) is 8.22. The zero-order chi connectivity index (χ0) is 7.28. The summed E-state index contributed by atoms with van der Waals surface area (Å²) in [5.41, 5.74) is 0. The van der Waals surface area contributed by atoms with Crippen molar-refractivity contribution in [1.82, 2.24) is 10.3 Å². The maximum atomic E-state index is 10.2. The Bertz CT molecular complexity index is 114. The quantitative estimate of drug-likeness (QED) is 0.325. The smallest absolute Gasteiger partial charge is 0.218 e. The lowest BCUT2D eigenvalue weighted by Gasteiger charge is -2.06. The van der Waals surface area contributed by atoms with Gasteiger partial charge in [-0.05, 0) is 0 Å². The molecule has 0 aliphatic carbocycles. The molecule has 5 heteroatoms. The van der Waals surface area contributed by atoms with Crippen molar-refractivity contribution in [3.63, 3.8) is 0 Å². The van der Waals surface area contributed by atoms with Crippen LogP contribution in [0.1, 0.15) is 6.92 Å². The molecule has 1 N–H and O–H groups in total. The van der Waals surface area contributed by atoms with Gasteiger partial charge in [0.15, 0.2) is 0 Å². The van der Waals surface area contributed by atoms with Crippen molar-refractivity contribution in [2.45, 2.75) is 6.92 Å². The zero-order valence-electron chi connectivity index (χ0n) is 5.42. The highest BCUT2D eigenvalue weighted by molar-refractivity contribution is 5.72. The summed E-state index contributed by atoms with van der Waals surface area (Å²) in [6.45, 7) is 1.54. The van der Waals surface area contributed by atoms with E-state index in [1.165, 1.54) is 14.0 Å². The summed E-state index contributed by atoms with van der Waals surface area (Å²) >= 11 is 0. The lowest BCUT2D eigenvalue weighted by Crippen LogP contribution is -2.30. The average Bonchev–Trinajstić information content (AvgIpc) is 1.83. The van der Waals surface area contributed by atoms with Crippen LogP contribution in [-0.4, -0.2) is 24.6 Å². The Morgan fingerprint density at radius 3 is 2.67 bits per heavy atom. The number of hydrogen-bond acceptors (Lipinski definition) is 3. The average molecular weight is 131 g/mol. The van der Waals surface area contributed by atoms with Crippen molar-refractivity contribution in [3.05, 3.63) is 4.91 Å². The molecule has 0 saturated heterocycles. The number of nitrogens with one attached hydrogen (secondary N) is 1. The predicted molar refractivity (Wildman–Crippen MR) is 32.2 cm³/mol. The Balaban J connectivity index is 3.26. The number of rotatable bonds is 3. The van der Waals surface area contributed by atoms with Gasteiger partial charge in [0, 0.05) is 14.0 Å². The second-order valence-electron chi connectivity index (χ2n) is 1.63. The fourth-order valence-electron chi connectivity index (χ4n) is 0.255. The minimum absolute atomic E-state index is 0.166. The van der Waals surface area contributed by atoms with E-state index in [4.69, 9.17) is 0 Å². The minimum Gasteiger partial charge on any atom is -0.337 e. The highest BCUT2D eigenvalue weighted by Crippen LogP contribution is 1.75. The molecule has 0 saturated carbocycles. The lowest BCUT2D eigenvalue weighted by molar-refractivity contribution is -0.119. The standard InChI is InChI=1S/C4H9N3O2/c1-4(8)5-3-7(2)6-9/h3H2,1-2H3,(H,5,8). The van der Waals surface area contributed by atoms with E-state index in [1.54, 1.807) is 0 Å². The number of carbonyl (C=O) groups excluding carboxylic acids is 1. The first-order valence-corrected chi connectivity index (χ1v) is 2.45. The van der Waals surface area contributed by atoms with Crippen LogP contribution in [0.15, 0.2) is 5.29 Å². The van der Waals surface area contributed by atoms with Crippen LogP contribution in [0.3, 0.4) is 0 Å². The monoisotopic (exact) mass is 131 g/mol. The maximum Gasteiger partial charge on any atom is 0.218 e. The van der Waals surface area contributed by atoms with Crippen molar-refractivity contribution in [2.24, 2.45) is 5.29 Å². The molecule has 0 radical (unpaired) electrons. The molecule has 0 heterocycles. The van der Waals surface area contributed by atoms with Gasteiger partial charge in [-0.25, -0.2) is 5.01 Å². The second-order valence-corrected chi connectivity index (χ2v) is 1.63. The first-order valence-electron chi connectivity index (χ1n) is 2.45. The van der Waals surface area contributed by atoms with E-state index in [2.05, 4.69) is 10.6 Å². The zero-order valence-corrected chi connectivity index (χ0v) is 5.42. The summed E-state index contributed by atoms with van der Waals surface area (Å²) in [5, 5.41) is 6.00. The summed E-state index contributed by atoms with van der Waals surface area (Å²) in [6, 6.07) is 0. The SMILES string of the molecule is CC(=O)NCN(C)N=O. The minimum atomic E-state index is -0.175. The van der Waals surface area contributed by atoms with Gasteiger partial charge >= 0.3 is 0 Å². The van der Waals surface area contributed by atoms with Crippen molar-refractivity contribution in [2.75, 3.05) is 13.7 Å². The fraction of sp³-hybridized carbons (Fsp3) is 0.750. The van der Waals surface area contributed by atoms with Crippen LogP contribution in [0.25, 0.3) is 0 Å². The third-order valence-electron chi connectivity index (χ3n) is 0.696. The molecule has 0 bridgehead atoms. The van der Waals surface area contributed by atoms with Crippen molar-refractivity contribution in [1.29, 1.82) is 0 Å². The summed E-state index contributed by atoms with van der Waals surface area (Å²) < 4.78 is 0. The van der Waals surface area contributed by atoms with Crippen molar-refractivity contribution in [3.8, 4) is 0 Å². The molecule has 0 unspecified atom stereocenters. The second kappa shape index (κ2) is 3.82. The molecule has 1 amide bonds. The molecule has 0 rings (SSSR count). The van der Waals surface area contributed by atoms with Crippen LogP contribution in [0, 0.1) is 4.91 Å². The molecule has 52 valence electrons. The van der Waals surface area contributed by atoms with Crippen LogP contribution in [0.5, 0.6) is 0 Å². The first kappa shape index (κ1) is 7.87. The molecule has 0 spiro atoms. The molecule has 5 nitrogen and oxygen atoms in total. The number of nitrogens with zero attached hydrogens (tertiary/aromatic N) is 2. The Kier molecular flexibility index (Phi) is 3.34. The Morgan fingerprint density at radius 1 is 1.78 bits per heavy atom. The third-order valence-corrected chi connectivity index (χ3v) is 0.696. The number of amides is 1. The molecule has 9 heavy (non-hydrogen) atoms. The largest absolute Gasteiger partial charge is 0.337 e. The Labute approximate surface area is 53.0 Å². The van der Waals surface area contributed by atoms with Crippen LogP contribution in [0.4, 0.5) is 0 Å². The van der Waals surface area contributed by atoms with Gasteiger partial charge in [0.1, 0.15) is 6.67 Å². The van der Waals surface area contributed by atoms with Gasteiger partial charge in [-0.1, -0.05) is 0 Å². The van der Waals surface area contributed by atoms with Gasteiger partial charge in [0.2, 0.25) is 5.91 Å². The number of nitroso groups, excluding NO2 is 1. The molecule has 0 aromatic carbocycles. The van der Waals surface area contributed by atoms with Crippen LogP contribution in [0.2, 0.25) is 0 Å². The van der Waals surface area contributed by atoms with Gasteiger partial charge < -0.3 is 5.32 Å². The van der Waals surface area contributed by atoms with Gasteiger partial charge in [0.05, 0.1) is 5.29 Å². The molecule has 0 aliphatic heterocycles. The Morgan fingerprint density at radius 2 is 2.33 bits per heavy atom.